The molecule has 0 fully saturated rings. The van der Waals surface area contributed by atoms with Crippen molar-refractivity contribution in [2.24, 2.45) is 0 Å². The summed E-state index contributed by atoms with van der Waals surface area (Å²) in [5, 5.41) is 5.22. The molecule has 0 amide bonds. The summed E-state index contributed by atoms with van der Waals surface area (Å²) in [5.74, 6) is 0.624. The Morgan fingerprint density at radius 2 is 1.88 bits per heavy atom. The third-order valence-electron chi connectivity index (χ3n) is 2.24. The third kappa shape index (κ3) is 1.64. The van der Waals surface area contributed by atoms with Crippen LogP contribution in [0.25, 0.3) is 16.9 Å². The van der Waals surface area contributed by atoms with Crippen LogP contribution in [-0.4, -0.2) is 24.7 Å². The highest BCUT2D eigenvalue weighted by Crippen LogP contribution is 2.27. The maximum Gasteiger partial charge on any atom is 0.171 e. The molecule has 0 saturated heterocycles. The van der Waals surface area contributed by atoms with Crippen LogP contribution in [-0.2, 0) is 0 Å². The van der Waals surface area contributed by atoms with Crippen molar-refractivity contribution in [1.82, 2.24) is 24.7 Å². The first-order valence-electron chi connectivity index (χ1n) is 4.73. The summed E-state index contributed by atoms with van der Waals surface area (Å²) in [6.45, 7) is 0. The minimum Gasteiger partial charge on any atom is -0.237 e. The van der Waals surface area contributed by atoms with Crippen LogP contribution < -0.4 is 0 Å². The topological polar surface area (TPSA) is 56.5 Å². The van der Waals surface area contributed by atoms with Gasteiger partial charge in [-0.1, -0.05) is 29.3 Å². The fraction of sp³-hybridized carbons (Fsp3) is 0. The van der Waals surface area contributed by atoms with Crippen molar-refractivity contribution in [3.8, 4) is 5.82 Å². The summed E-state index contributed by atoms with van der Waals surface area (Å²) in [4.78, 5) is 12.2. The summed E-state index contributed by atoms with van der Waals surface area (Å²) in [6, 6.07) is 5.48. The average molecular weight is 266 g/mol. The number of halogens is 2. The van der Waals surface area contributed by atoms with E-state index in [1.807, 2.05) is 12.1 Å². The molecule has 3 aromatic rings. The Kier molecular flexibility index (Phi) is 2.42. The molecular formula is C10H5Cl2N5. The molecule has 0 saturated carbocycles. The van der Waals surface area contributed by atoms with E-state index in [9.17, 15) is 0 Å². The van der Waals surface area contributed by atoms with Gasteiger partial charge < -0.3 is 0 Å². The fourth-order valence-electron chi connectivity index (χ4n) is 1.52. The van der Waals surface area contributed by atoms with Gasteiger partial charge in [-0.05, 0) is 12.1 Å². The van der Waals surface area contributed by atoms with Gasteiger partial charge in [0.1, 0.15) is 11.5 Å². The lowest BCUT2D eigenvalue weighted by atomic mass is 10.4. The average Bonchev–Trinajstić information content (AvgIpc) is 2.69. The Labute approximate surface area is 106 Å². The SMILES string of the molecule is Clc1ncnc2c1c(Cl)nn2-c1ccccn1. The van der Waals surface area contributed by atoms with E-state index in [0.29, 0.717) is 16.9 Å². The first kappa shape index (κ1) is 10.4. The van der Waals surface area contributed by atoms with Gasteiger partial charge in [0.05, 0.1) is 5.39 Å². The van der Waals surface area contributed by atoms with E-state index in [4.69, 9.17) is 23.2 Å². The van der Waals surface area contributed by atoms with Gasteiger partial charge in [-0.2, -0.15) is 9.78 Å². The molecule has 0 aliphatic heterocycles. The Balaban J connectivity index is 2.36. The summed E-state index contributed by atoms with van der Waals surface area (Å²) >= 11 is 12.0. The highest BCUT2D eigenvalue weighted by atomic mass is 35.5. The molecule has 3 rings (SSSR count). The highest BCUT2D eigenvalue weighted by molar-refractivity contribution is 6.40. The standard InChI is InChI=1S/C10H5Cl2N5/c11-8-7-9(12)16-17(10(7)15-5-14-8)6-3-1-2-4-13-6/h1-5H. The third-order valence-corrected chi connectivity index (χ3v) is 2.79. The Bertz CT molecular complexity index is 680. The lowest BCUT2D eigenvalue weighted by molar-refractivity contribution is 0.862. The maximum atomic E-state index is 6.01. The van der Waals surface area contributed by atoms with E-state index in [-0.39, 0.29) is 10.3 Å². The second-order valence-corrected chi connectivity index (χ2v) is 3.97. The molecule has 5 nitrogen and oxygen atoms in total. The summed E-state index contributed by atoms with van der Waals surface area (Å²) in [5.41, 5.74) is 0.536. The van der Waals surface area contributed by atoms with Gasteiger partial charge in [0, 0.05) is 6.20 Å². The Morgan fingerprint density at radius 3 is 2.65 bits per heavy atom. The van der Waals surface area contributed by atoms with E-state index in [0.717, 1.165) is 0 Å². The molecule has 0 bridgehead atoms. The van der Waals surface area contributed by atoms with Crippen molar-refractivity contribution >= 4 is 34.2 Å². The van der Waals surface area contributed by atoms with Gasteiger partial charge in [-0.15, -0.1) is 0 Å². The maximum absolute atomic E-state index is 6.01. The summed E-state index contributed by atoms with van der Waals surface area (Å²) < 4.78 is 1.53. The molecule has 3 heterocycles. The second-order valence-electron chi connectivity index (χ2n) is 3.25. The molecule has 3 aromatic heterocycles. The zero-order chi connectivity index (χ0) is 11.8. The number of nitrogens with zero attached hydrogens (tertiary/aromatic N) is 5. The number of pyridine rings is 1. The highest BCUT2D eigenvalue weighted by Gasteiger charge is 2.15. The van der Waals surface area contributed by atoms with Crippen LogP contribution in [0.1, 0.15) is 0 Å². The van der Waals surface area contributed by atoms with Crippen LogP contribution in [0.2, 0.25) is 10.3 Å². The van der Waals surface area contributed by atoms with Crippen molar-refractivity contribution in [3.63, 3.8) is 0 Å². The Hall–Kier alpha value is -1.72. The van der Waals surface area contributed by atoms with Crippen LogP contribution in [0.3, 0.4) is 0 Å². The predicted octanol–water partition coefficient (Wildman–Crippen LogP) is 2.52. The van der Waals surface area contributed by atoms with Crippen LogP contribution >= 0.6 is 23.2 Å². The van der Waals surface area contributed by atoms with Gasteiger partial charge in [0.25, 0.3) is 0 Å². The van der Waals surface area contributed by atoms with Gasteiger partial charge in [0.15, 0.2) is 16.6 Å². The zero-order valence-electron chi connectivity index (χ0n) is 8.38. The summed E-state index contributed by atoms with van der Waals surface area (Å²) in [6.07, 6.45) is 3.03. The molecule has 0 unspecified atom stereocenters. The predicted molar refractivity (Wildman–Crippen MR) is 64.5 cm³/mol. The first-order chi connectivity index (χ1) is 8.27. The lowest BCUT2D eigenvalue weighted by Crippen LogP contribution is -1.99. The largest absolute Gasteiger partial charge is 0.237 e. The van der Waals surface area contributed by atoms with E-state index in [1.165, 1.54) is 11.0 Å². The fourth-order valence-corrected chi connectivity index (χ4v) is 2.03. The van der Waals surface area contributed by atoms with Crippen molar-refractivity contribution in [3.05, 3.63) is 41.0 Å². The molecule has 0 aliphatic rings. The molecule has 0 atom stereocenters. The molecule has 84 valence electrons. The quantitative estimate of drug-likeness (QED) is 0.635. The van der Waals surface area contributed by atoms with Gasteiger partial charge >= 0.3 is 0 Å². The van der Waals surface area contributed by atoms with Gasteiger partial charge in [-0.25, -0.2) is 15.0 Å². The molecule has 0 aliphatic carbocycles. The molecular weight excluding hydrogens is 261 g/mol. The molecule has 17 heavy (non-hydrogen) atoms. The number of aromatic nitrogens is 5. The molecule has 0 spiro atoms. The molecule has 0 N–H and O–H groups in total. The lowest BCUT2D eigenvalue weighted by Gasteiger charge is -1.99. The number of hydrogen-bond acceptors (Lipinski definition) is 4. The van der Waals surface area contributed by atoms with Gasteiger partial charge in [-0.3, -0.25) is 0 Å². The normalized spacial score (nSPS) is 10.9. The van der Waals surface area contributed by atoms with E-state index in [2.05, 4.69) is 20.1 Å². The van der Waals surface area contributed by atoms with Crippen LogP contribution in [0.15, 0.2) is 30.7 Å². The monoisotopic (exact) mass is 265 g/mol. The number of fused-ring (bicyclic) bond motifs is 1. The van der Waals surface area contributed by atoms with Gasteiger partial charge in [0.2, 0.25) is 0 Å². The van der Waals surface area contributed by atoms with Crippen molar-refractivity contribution in [1.29, 1.82) is 0 Å². The molecule has 0 radical (unpaired) electrons. The number of hydrogen-bond donors (Lipinski definition) is 0. The van der Waals surface area contributed by atoms with E-state index in [1.54, 1.807) is 12.3 Å². The number of rotatable bonds is 1. The second kappa shape index (κ2) is 3.94. The Morgan fingerprint density at radius 1 is 1.00 bits per heavy atom. The molecule has 7 heteroatoms. The minimum atomic E-state index is 0.260. The minimum absolute atomic E-state index is 0.260. The van der Waals surface area contributed by atoms with Crippen molar-refractivity contribution < 1.29 is 0 Å². The smallest absolute Gasteiger partial charge is 0.171 e. The van der Waals surface area contributed by atoms with E-state index < -0.39 is 0 Å². The van der Waals surface area contributed by atoms with Crippen LogP contribution in [0, 0.1) is 0 Å². The molecule has 0 aromatic carbocycles. The zero-order valence-corrected chi connectivity index (χ0v) is 9.89. The van der Waals surface area contributed by atoms with Crippen molar-refractivity contribution in [2.45, 2.75) is 0 Å². The van der Waals surface area contributed by atoms with Crippen LogP contribution in [0.5, 0.6) is 0 Å². The van der Waals surface area contributed by atoms with Crippen LogP contribution in [0.4, 0.5) is 0 Å². The summed E-state index contributed by atoms with van der Waals surface area (Å²) in [7, 11) is 0. The van der Waals surface area contributed by atoms with E-state index >= 15 is 0 Å². The van der Waals surface area contributed by atoms with Crippen molar-refractivity contribution in [2.75, 3.05) is 0 Å². The first-order valence-corrected chi connectivity index (χ1v) is 5.49.